The maximum atomic E-state index is 12.2. The first-order valence-corrected chi connectivity index (χ1v) is 6.99. The van der Waals surface area contributed by atoms with E-state index >= 15 is 0 Å². The summed E-state index contributed by atoms with van der Waals surface area (Å²) in [6.07, 6.45) is 0.704. The minimum absolute atomic E-state index is 0.234. The van der Waals surface area contributed by atoms with Crippen molar-refractivity contribution in [2.24, 2.45) is 0 Å². The zero-order valence-corrected chi connectivity index (χ0v) is 11.5. The van der Waals surface area contributed by atoms with Crippen molar-refractivity contribution in [3.05, 3.63) is 35.4 Å². The van der Waals surface area contributed by atoms with E-state index in [1.54, 1.807) is 29.2 Å². The number of aliphatic hydroxyl groups is 1. The minimum Gasteiger partial charge on any atom is -0.393 e. The molecule has 0 aromatic heterocycles. The van der Waals surface area contributed by atoms with E-state index in [9.17, 15) is 19.5 Å². The highest BCUT2D eigenvalue weighted by atomic mass is 16.3. The normalized spacial score (nSPS) is 19.1. The Morgan fingerprint density at radius 2 is 1.62 bits per heavy atom. The molecule has 0 aliphatic carbocycles. The predicted octanol–water partition coefficient (Wildman–Crippen LogP) is 0.266. The average molecular weight is 288 g/mol. The zero-order valence-electron chi connectivity index (χ0n) is 11.5. The molecule has 2 heterocycles. The summed E-state index contributed by atoms with van der Waals surface area (Å²) in [6.45, 7) is 0.689. The van der Waals surface area contributed by atoms with Crippen LogP contribution in [-0.4, -0.2) is 58.4 Å². The first-order valence-electron chi connectivity index (χ1n) is 6.99. The number of amides is 3. The van der Waals surface area contributed by atoms with Crippen LogP contribution in [0.3, 0.4) is 0 Å². The molecule has 1 saturated heterocycles. The lowest BCUT2D eigenvalue weighted by atomic mass is 10.1. The number of rotatable bonds is 2. The van der Waals surface area contributed by atoms with Gasteiger partial charge in [0.1, 0.15) is 6.54 Å². The van der Waals surface area contributed by atoms with E-state index in [1.165, 1.54) is 0 Å². The third-order valence-electron chi connectivity index (χ3n) is 3.99. The second-order valence-electron chi connectivity index (χ2n) is 5.35. The maximum Gasteiger partial charge on any atom is 0.262 e. The molecule has 0 saturated carbocycles. The highest BCUT2D eigenvalue weighted by Gasteiger charge is 2.37. The Hall–Kier alpha value is -2.21. The molecule has 0 spiro atoms. The molecule has 3 rings (SSSR count). The van der Waals surface area contributed by atoms with E-state index < -0.39 is 11.8 Å². The topological polar surface area (TPSA) is 77.9 Å². The molecule has 0 bridgehead atoms. The van der Waals surface area contributed by atoms with Gasteiger partial charge in [-0.05, 0) is 25.0 Å². The van der Waals surface area contributed by atoms with Crippen LogP contribution in [0.25, 0.3) is 0 Å². The van der Waals surface area contributed by atoms with Crippen molar-refractivity contribution in [2.45, 2.75) is 18.9 Å². The largest absolute Gasteiger partial charge is 0.393 e. The molecule has 2 aliphatic rings. The SMILES string of the molecule is O=C(CN1C(=O)c2ccccc2C1=O)N1CCC(O)CC1. The van der Waals surface area contributed by atoms with Crippen molar-refractivity contribution in [1.29, 1.82) is 0 Å². The van der Waals surface area contributed by atoms with Gasteiger partial charge in [0.05, 0.1) is 17.2 Å². The highest BCUT2D eigenvalue weighted by Crippen LogP contribution is 2.22. The van der Waals surface area contributed by atoms with Crippen molar-refractivity contribution < 1.29 is 19.5 Å². The van der Waals surface area contributed by atoms with Crippen molar-refractivity contribution in [3.8, 4) is 0 Å². The lowest BCUT2D eigenvalue weighted by Gasteiger charge is -2.30. The number of likely N-dealkylation sites (tertiary alicyclic amines) is 1. The standard InChI is InChI=1S/C15H16N2O4/c18-10-5-7-16(8-6-10)13(19)9-17-14(20)11-3-1-2-4-12(11)15(17)21/h1-4,10,18H,5-9H2. The molecule has 1 fully saturated rings. The molecule has 0 unspecified atom stereocenters. The third kappa shape index (κ3) is 2.42. The fraction of sp³-hybridized carbons (Fsp3) is 0.400. The number of piperidine rings is 1. The molecular weight excluding hydrogens is 272 g/mol. The summed E-state index contributed by atoms with van der Waals surface area (Å²) in [4.78, 5) is 39.1. The van der Waals surface area contributed by atoms with Crippen LogP contribution in [0.1, 0.15) is 33.6 Å². The second kappa shape index (κ2) is 5.29. The van der Waals surface area contributed by atoms with Crippen molar-refractivity contribution >= 4 is 17.7 Å². The van der Waals surface area contributed by atoms with Gasteiger partial charge in [-0.1, -0.05) is 12.1 Å². The van der Waals surface area contributed by atoms with Gasteiger partial charge in [0.25, 0.3) is 11.8 Å². The Balaban J connectivity index is 1.70. The molecule has 110 valence electrons. The number of carbonyl (C=O) groups is 3. The molecule has 3 amide bonds. The number of fused-ring (bicyclic) bond motifs is 1. The molecular formula is C15H16N2O4. The fourth-order valence-corrected chi connectivity index (χ4v) is 2.73. The van der Waals surface area contributed by atoms with Crippen LogP contribution in [0.5, 0.6) is 0 Å². The van der Waals surface area contributed by atoms with Gasteiger partial charge in [0.2, 0.25) is 5.91 Å². The van der Waals surface area contributed by atoms with Gasteiger partial charge >= 0.3 is 0 Å². The van der Waals surface area contributed by atoms with Crippen molar-refractivity contribution in [1.82, 2.24) is 9.80 Å². The van der Waals surface area contributed by atoms with Gasteiger partial charge in [0.15, 0.2) is 0 Å². The Kier molecular flexibility index (Phi) is 3.47. The average Bonchev–Trinajstić information content (AvgIpc) is 2.73. The first kappa shape index (κ1) is 13.8. The zero-order chi connectivity index (χ0) is 15.0. The molecule has 1 N–H and O–H groups in total. The van der Waals surface area contributed by atoms with Crippen LogP contribution in [0.4, 0.5) is 0 Å². The lowest BCUT2D eigenvalue weighted by molar-refractivity contribution is -0.133. The summed E-state index contributed by atoms with van der Waals surface area (Å²) in [5.41, 5.74) is 0.703. The van der Waals surface area contributed by atoms with E-state index in [1.807, 2.05) is 0 Å². The van der Waals surface area contributed by atoms with E-state index in [4.69, 9.17) is 0 Å². The van der Waals surface area contributed by atoms with E-state index in [-0.39, 0.29) is 18.6 Å². The smallest absolute Gasteiger partial charge is 0.262 e. The Labute approximate surface area is 122 Å². The third-order valence-corrected chi connectivity index (χ3v) is 3.99. The summed E-state index contributed by atoms with van der Waals surface area (Å²) >= 11 is 0. The van der Waals surface area contributed by atoms with Gasteiger partial charge in [0, 0.05) is 13.1 Å². The Morgan fingerprint density at radius 1 is 1.10 bits per heavy atom. The summed E-state index contributed by atoms with van der Waals surface area (Å²) in [6, 6.07) is 6.58. The van der Waals surface area contributed by atoms with E-state index in [2.05, 4.69) is 0 Å². The van der Waals surface area contributed by atoms with E-state index in [0.29, 0.717) is 37.1 Å². The number of nitrogens with zero attached hydrogens (tertiary/aromatic N) is 2. The maximum absolute atomic E-state index is 12.2. The monoisotopic (exact) mass is 288 g/mol. The summed E-state index contributed by atoms with van der Waals surface area (Å²) < 4.78 is 0. The lowest BCUT2D eigenvalue weighted by Crippen LogP contribution is -2.46. The first-order chi connectivity index (χ1) is 10.1. The van der Waals surface area contributed by atoms with Crippen LogP contribution in [-0.2, 0) is 4.79 Å². The predicted molar refractivity (Wildman–Crippen MR) is 73.6 cm³/mol. The number of hydrogen-bond acceptors (Lipinski definition) is 4. The Bertz CT molecular complexity index is 570. The number of carbonyl (C=O) groups excluding carboxylic acids is 3. The fourth-order valence-electron chi connectivity index (χ4n) is 2.73. The molecule has 0 atom stereocenters. The number of imide groups is 1. The number of aliphatic hydroxyl groups excluding tert-OH is 1. The summed E-state index contributed by atoms with van der Waals surface area (Å²) in [5.74, 6) is -1.08. The minimum atomic E-state index is -0.416. The van der Waals surface area contributed by atoms with Crippen LogP contribution in [0.15, 0.2) is 24.3 Å². The molecule has 1 aromatic carbocycles. The Morgan fingerprint density at radius 3 is 2.14 bits per heavy atom. The summed E-state index contributed by atoms with van der Waals surface area (Å²) in [5, 5.41) is 9.44. The molecule has 21 heavy (non-hydrogen) atoms. The second-order valence-corrected chi connectivity index (χ2v) is 5.35. The van der Waals surface area contributed by atoms with Gasteiger partial charge in [-0.2, -0.15) is 0 Å². The van der Waals surface area contributed by atoms with Crippen molar-refractivity contribution in [2.75, 3.05) is 19.6 Å². The molecule has 1 aromatic rings. The van der Waals surface area contributed by atoms with Gasteiger partial charge in [-0.25, -0.2) is 0 Å². The number of benzene rings is 1. The van der Waals surface area contributed by atoms with Crippen LogP contribution < -0.4 is 0 Å². The number of hydrogen-bond donors (Lipinski definition) is 1. The molecule has 2 aliphatic heterocycles. The summed E-state index contributed by atoms with van der Waals surface area (Å²) in [7, 11) is 0. The van der Waals surface area contributed by atoms with E-state index in [0.717, 1.165) is 4.90 Å². The van der Waals surface area contributed by atoms with Crippen LogP contribution in [0.2, 0.25) is 0 Å². The molecule has 6 nitrogen and oxygen atoms in total. The van der Waals surface area contributed by atoms with Crippen LogP contribution in [0, 0.1) is 0 Å². The van der Waals surface area contributed by atoms with Gasteiger partial charge < -0.3 is 10.0 Å². The van der Waals surface area contributed by atoms with Gasteiger partial charge in [-0.3, -0.25) is 19.3 Å². The molecule has 0 radical (unpaired) electrons. The quantitative estimate of drug-likeness (QED) is 0.792. The van der Waals surface area contributed by atoms with Crippen molar-refractivity contribution in [3.63, 3.8) is 0 Å². The van der Waals surface area contributed by atoms with Gasteiger partial charge in [-0.15, -0.1) is 0 Å². The van der Waals surface area contributed by atoms with Crippen LogP contribution >= 0.6 is 0 Å². The highest BCUT2D eigenvalue weighted by molar-refractivity contribution is 6.22. The molecule has 6 heteroatoms.